The third-order valence-electron chi connectivity index (χ3n) is 4.98. The molecule has 1 aliphatic rings. The van der Waals surface area contributed by atoms with Crippen LogP contribution in [-0.4, -0.2) is 40.5 Å². The number of nitrogens with one attached hydrogen (secondary N) is 2. The van der Waals surface area contributed by atoms with Crippen LogP contribution in [0.4, 0.5) is 10.5 Å². The smallest absolute Gasteiger partial charge is 0.329 e. The first-order valence-electron chi connectivity index (χ1n) is 9.59. The highest BCUT2D eigenvalue weighted by Gasteiger charge is 2.54. The average molecular weight is 408 g/mol. The van der Waals surface area contributed by atoms with Crippen molar-refractivity contribution in [2.45, 2.75) is 18.9 Å². The number of β-lactam (4-membered cyclic amide) rings is 1. The summed E-state index contributed by atoms with van der Waals surface area (Å²) in [4.78, 5) is 37.8. The van der Waals surface area contributed by atoms with Crippen LogP contribution in [-0.2, 0) is 9.59 Å². The summed E-state index contributed by atoms with van der Waals surface area (Å²) in [7, 11) is 0. The normalized spacial score (nSPS) is 17.7. The van der Waals surface area contributed by atoms with Crippen LogP contribution in [0.5, 0.6) is 0 Å². The van der Waals surface area contributed by atoms with Crippen LogP contribution >= 0.6 is 0 Å². The van der Waals surface area contributed by atoms with Crippen LogP contribution in [0.3, 0.4) is 0 Å². The predicted molar refractivity (Wildman–Crippen MR) is 113 cm³/mol. The van der Waals surface area contributed by atoms with E-state index in [0.717, 1.165) is 16.0 Å². The number of carboxylic acids is 1. The Hall–Kier alpha value is -3.81. The maximum absolute atomic E-state index is 12.8. The topological polar surface area (TPSA) is 125 Å². The number of benzene rings is 2. The second-order valence-electron chi connectivity index (χ2n) is 7.03. The summed E-state index contributed by atoms with van der Waals surface area (Å²) in [6.45, 7) is 3.99. The minimum Gasteiger partial charge on any atom is -0.480 e. The van der Waals surface area contributed by atoms with Gasteiger partial charge in [-0.2, -0.15) is 0 Å². The average Bonchev–Trinajstić information content (AvgIpc) is 2.72. The lowest BCUT2D eigenvalue weighted by Gasteiger charge is -2.42. The van der Waals surface area contributed by atoms with Gasteiger partial charge in [-0.1, -0.05) is 55.1 Å². The fraction of sp³-hybridized carbons (Fsp3) is 0.227. The monoisotopic (exact) mass is 408 g/mol. The van der Waals surface area contributed by atoms with E-state index in [1.54, 1.807) is 12.1 Å². The van der Waals surface area contributed by atoms with E-state index >= 15 is 0 Å². The zero-order valence-electron chi connectivity index (χ0n) is 16.4. The molecule has 8 heteroatoms. The molecule has 0 saturated carbocycles. The van der Waals surface area contributed by atoms with Crippen molar-refractivity contribution in [3.8, 4) is 11.1 Å². The number of aliphatic carboxylic acids is 1. The Labute approximate surface area is 174 Å². The SMILES string of the molecule is C=C(N)NCCCC1C(=O)N(C(=O)Nc2ccccc2-c2ccccc2)C1C(=O)O. The third kappa shape index (κ3) is 4.43. The molecule has 2 aromatic rings. The molecule has 8 nitrogen and oxygen atoms in total. The van der Waals surface area contributed by atoms with Gasteiger partial charge in [0, 0.05) is 12.1 Å². The molecular weight excluding hydrogens is 384 g/mol. The summed E-state index contributed by atoms with van der Waals surface area (Å²) in [5.41, 5.74) is 7.59. The minimum atomic E-state index is -1.21. The van der Waals surface area contributed by atoms with Gasteiger partial charge in [0.25, 0.3) is 0 Å². The number of likely N-dealkylation sites (tertiary alicyclic amines) is 1. The summed E-state index contributed by atoms with van der Waals surface area (Å²) >= 11 is 0. The number of hydrogen-bond donors (Lipinski definition) is 4. The fourth-order valence-electron chi connectivity index (χ4n) is 3.55. The van der Waals surface area contributed by atoms with E-state index in [1.165, 1.54) is 0 Å². The molecule has 3 amide bonds. The van der Waals surface area contributed by atoms with Gasteiger partial charge in [-0.25, -0.2) is 14.5 Å². The molecule has 1 saturated heterocycles. The Morgan fingerprint density at radius 1 is 1.10 bits per heavy atom. The Balaban J connectivity index is 1.71. The summed E-state index contributed by atoms with van der Waals surface area (Å²) < 4.78 is 0. The molecule has 5 N–H and O–H groups in total. The number of amides is 3. The van der Waals surface area contributed by atoms with Gasteiger partial charge in [0.05, 0.1) is 17.4 Å². The van der Waals surface area contributed by atoms with E-state index in [0.29, 0.717) is 30.9 Å². The number of carboxylic acid groups (broad SMARTS) is 1. The highest BCUT2D eigenvalue weighted by atomic mass is 16.4. The van der Waals surface area contributed by atoms with Crippen LogP contribution < -0.4 is 16.4 Å². The molecule has 1 fully saturated rings. The van der Waals surface area contributed by atoms with Crippen LogP contribution in [0.2, 0.25) is 0 Å². The zero-order valence-corrected chi connectivity index (χ0v) is 16.4. The van der Waals surface area contributed by atoms with Gasteiger partial charge >= 0.3 is 12.0 Å². The lowest BCUT2D eigenvalue weighted by atomic mass is 9.84. The molecule has 2 atom stereocenters. The van der Waals surface area contributed by atoms with Crippen molar-refractivity contribution in [1.29, 1.82) is 0 Å². The number of imide groups is 1. The maximum atomic E-state index is 12.8. The van der Waals surface area contributed by atoms with Crippen molar-refractivity contribution < 1.29 is 19.5 Å². The lowest BCUT2D eigenvalue weighted by Crippen LogP contribution is -2.67. The van der Waals surface area contributed by atoms with E-state index in [-0.39, 0.29) is 0 Å². The Bertz CT molecular complexity index is 961. The number of rotatable bonds is 8. The first-order chi connectivity index (χ1) is 14.4. The molecule has 3 rings (SSSR count). The number of hydrogen-bond acceptors (Lipinski definition) is 5. The van der Waals surface area contributed by atoms with E-state index in [1.807, 2.05) is 42.5 Å². The molecule has 0 bridgehead atoms. The first kappa shape index (κ1) is 20.9. The molecule has 2 unspecified atom stereocenters. The molecule has 1 aliphatic heterocycles. The largest absolute Gasteiger partial charge is 0.480 e. The second-order valence-corrected chi connectivity index (χ2v) is 7.03. The molecule has 30 heavy (non-hydrogen) atoms. The van der Waals surface area contributed by atoms with Gasteiger partial charge < -0.3 is 21.5 Å². The number of carbonyl (C=O) groups excluding carboxylic acids is 2. The van der Waals surface area contributed by atoms with Crippen molar-refractivity contribution >= 4 is 23.6 Å². The molecule has 0 radical (unpaired) electrons. The van der Waals surface area contributed by atoms with Gasteiger partial charge in [0.2, 0.25) is 5.91 Å². The van der Waals surface area contributed by atoms with E-state index in [4.69, 9.17) is 5.73 Å². The van der Waals surface area contributed by atoms with E-state index in [2.05, 4.69) is 17.2 Å². The predicted octanol–water partition coefficient (Wildman–Crippen LogP) is 2.60. The number of nitrogens with zero attached hydrogens (tertiary/aromatic N) is 1. The number of carbonyl (C=O) groups is 3. The van der Waals surface area contributed by atoms with Crippen LogP contribution in [0, 0.1) is 5.92 Å². The van der Waals surface area contributed by atoms with Crippen LogP contribution in [0.1, 0.15) is 12.8 Å². The lowest BCUT2D eigenvalue weighted by molar-refractivity contribution is -0.165. The quantitative estimate of drug-likeness (QED) is 0.393. The highest BCUT2D eigenvalue weighted by Crippen LogP contribution is 2.33. The number of urea groups is 1. The highest BCUT2D eigenvalue weighted by molar-refractivity contribution is 6.11. The number of nitrogens with two attached hydrogens (primary N) is 1. The van der Waals surface area contributed by atoms with Crippen LogP contribution in [0.25, 0.3) is 11.1 Å². The van der Waals surface area contributed by atoms with E-state index in [9.17, 15) is 19.5 Å². The van der Waals surface area contributed by atoms with E-state index < -0.39 is 29.9 Å². The maximum Gasteiger partial charge on any atom is 0.329 e. The second kappa shape index (κ2) is 9.13. The Morgan fingerprint density at radius 2 is 1.77 bits per heavy atom. The molecular formula is C22H24N4O4. The standard InChI is InChI=1S/C22H24N4O4/c1-14(23)24-13-7-11-17-19(21(28)29)26(20(17)27)22(30)25-18-12-6-5-10-16(18)15-8-3-2-4-9-15/h2-6,8-10,12,17,19,24H,1,7,11,13,23H2,(H,25,30)(H,28,29). The van der Waals surface area contributed by atoms with Crippen molar-refractivity contribution in [1.82, 2.24) is 10.2 Å². The third-order valence-corrected chi connectivity index (χ3v) is 4.98. The van der Waals surface area contributed by atoms with Crippen molar-refractivity contribution in [3.63, 3.8) is 0 Å². The van der Waals surface area contributed by atoms with Crippen LogP contribution in [0.15, 0.2) is 67.0 Å². The van der Waals surface area contributed by atoms with Crippen molar-refractivity contribution in [3.05, 3.63) is 67.0 Å². The van der Waals surface area contributed by atoms with Crippen molar-refractivity contribution in [2.75, 3.05) is 11.9 Å². The molecule has 1 heterocycles. The van der Waals surface area contributed by atoms with Gasteiger partial charge in [-0.15, -0.1) is 0 Å². The van der Waals surface area contributed by atoms with Gasteiger partial charge in [0.15, 0.2) is 6.04 Å². The molecule has 156 valence electrons. The molecule has 0 aliphatic carbocycles. The fourth-order valence-corrected chi connectivity index (χ4v) is 3.55. The number of para-hydroxylation sites is 1. The Kier molecular flexibility index (Phi) is 6.36. The summed E-state index contributed by atoms with van der Waals surface area (Å²) in [6.07, 6.45) is 0.864. The minimum absolute atomic E-state index is 0.308. The molecule has 0 spiro atoms. The molecule has 2 aromatic carbocycles. The summed E-state index contributed by atoms with van der Waals surface area (Å²) in [6, 6.07) is 14.7. The van der Waals surface area contributed by atoms with Crippen molar-refractivity contribution in [2.24, 2.45) is 11.7 Å². The summed E-state index contributed by atoms with van der Waals surface area (Å²) in [5.74, 6) is -2.14. The van der Waals surface area contributed by atoms with Gasteiger partial charge in [0.1, 0.15) is 0 Å². The first-order valence-corrected chi connectivity index (χ1v) is 9.59. The Morgan fingerprint density at radius 3 is 2.43 bits per heavy atom. The summed E-state index contributed by atoms with van der Waals surface area (Å²) in [5, 5.41) is 15.1. The zero-order chi connectivity index (χ0) is 21.7. The van der Waals surface area contributed by atoms with Gasteiger partial charge in [-0.05, 0) is 24.5 Å². The number of anilines is 1. The van der Waals surface area contributed by atoms with Gasteiger partial charge in [-0.3, -0.25) is 4.79 Å². The molecule has 0 aromatic heterocycles.